The molecule has 2 aromatic heterocycles. The summed E-state index contributed by atoms with van der Waals surface area (Å²) >= 11 is 6.13. The Morgan fingerprint density at radius 3 is 2.78 bits per heavy atom. The molecular weight excluding hydrogens is 256 g/mol. The summed E-state index contributed by atoms with van der Waals surface area (Å²) in [7, 11) is 0. The first-order chi connectivity index (χ1) is 8.56. The van der Waals surface area contributed by atoms with Crippen molar-refractivity contribution >= 4 is 22.6 Å². The lowest BCUT2D eigenvalue weighted by atomic mass is 10.1. The molecule has 92 valence electrons. The first kappa shape index (κ1) is 11.0. The number of aryl methyl sites for hydroxylation is 2. The summed E-state index contributed by atoms with van der Waals surface area (Å²) in [6.45, 7) is 3.46. The highest BCUT2D eigenvalue weighted by molar-refractivity contribution is 6.35. The topological polar surface area (TPSA) is 87.8 Å². The quantitative estimate of drug-likeness (QED) is 0.705. The van der Waals surface area contributed by atoms with Crippen molar-refractivity contribution in [3.8, 4) is 17.2 Å². The molecule has 0 aliphatic carbocycles. The Kier molecular flexibility index (Phi) is 2.27. The molecule has 0 spiro atoms. The Balaban J connectivity index is 2.33. The minimum absolute atomic E-state index is 0.0256. The number of aromatic amines is 1. The number of phenolic OH excluding ortho intramolecular Hbond substituents is 1. The summed E-state index contributed by atoms with van der Waals surface area (Å²) in [5.74, 6) is 1.27. The number of fused-ring (bicyclic) bond motifs is 1. The van der Waals surface area contributed by atoms with Gasteiger partial charge in [-0.05, 0) is 13.0 Å². The van der Waals surface area contributed by atoms with Gasteiger partial charge in [0, 0.05) is 6.92 Å². The van der Waals surface area contributed by atoms with Crippen LogP contribution >= 0.6 is 11.6 Å². The maximum absolute atomic E-state index is 10.2. The van der Waals surface area contributed by atoms with Crippen molar-refractivity contribution in [2.45, 2.75) is 13.8 Å². The minimum atomic E-state index is -0.0256. The van der Waals surface area contributed by atoms with Crippen LogP contribution in [0.4, 0.5) is 0 Å². The van der Waals surface area contributed by atoms with E-state index in [-0.39, 0.29) is 11.6 Å². The number of nitrogens with one attached hydrogen (secondary N) is 1. The average molecular weight is 265 g/mol. The molecule has 7 heteroatoms. The lowest BCUT2D eigenvalue weighted by Crippen LogP contribution is -1.83. The third-order valence-corrected chi connectivity index (χ3v) is 2.87. The molecule has 3 rings (SSSR count). The summed E-state index contributed by atoms with van der Waals surface area (Å²) in [6.07, 6.45) is 0. The van der Waals surface area contributed by atoms with Crippen LogP contribution in [0.25, 0.3) is 22.5 Å². The van der Waals surface area contributed by atoms with Gasteiger partial charge >= 0.3 is 0 Å². The van der Waals surface area contributed by atoms with E-state index < -0.39 is 0 Å². The van der Waals surface area contributed by atoms with Gasteiger partial charge in [-0.15, -0.1) is 10.2 Å². The number of aromatic nitrogens is 4. The number of imidazole rings is 1. The average Bonchev–Trinajstić information content (AvgIpc) is 2.90. The van der Waals surface area contributed by atoms with E-state index in [1.807, 2.05) is 0 Å². The van der Waals surface area contributed by atoms with E-state index in [0.29, 0.717) is 33.3 Å². The molecule has 0 fully saturated rings. The molecule has 0 aliphatic heterocycles. The fourth-order valence-electron chi connectivity index (χ4n) is 1.80. The van der Waals surface area contributed by atoms with E-state index in [4.69, 9.17) is 16.0 Å². The Hall–Kier alpha value is -2.08. The summed E-state index contributed by atoms with van der Waals surface area (Å²) in [4.78, 5) is 7.17. The molecule has 0 aliphatic rings. The van der Waals surface area contributed by atoms with Crippen LogP contribution in [0.5, 0.6) is 5.75 Å². The highest BCUT2D eigenvalue weighted by Gasteiger charge is 2.18. The van der Waals surface area contributed by atoms with E-state index in [1.165, 1.54) is 0 Å². The van der Waals surface area contributed by atoms with Crippen LogP contribution in [0.15, 0.2) is 10.5 Å². The largest absolute Gasteiger partial charge is 0.505 e. The monoisotopic (exact) mass is 264 g/mol. The fourth-order valence-corrected chi connectivity index (χ4v) is 2.04. The molecule has 0 bridgehead atoms. The summed E-state index contributed by atoms with van der Waals surface area (Å²) < 4.78 is 5.28. The third-order valence-electron chi connectivity index (χ3n) is 2.57. The molecule has 3 aromatic rings. The van der Waals surface area contributed by atoms with Crippen molar-refractivity contribution in [2.75, 3.05) is 0 Å². The van der Waals surface area contributed by atoms with Crippen molar-refractivity contribution in [1.82, 2.24) is 20.2 Å². The van der Waals surface area contributed by atoms with E-state index in [0.717, 1.165) is 0 Å². The molecular formula is C11H9ClN4O2. The lowest BCUT2D eigenvalue weighted by molar-refractivity contribution is 0.475. The van der Waals surface area contributed by atoms with Gasteiger partial charge in [0.05, 0.1) is 16.1 Å². The normalized spacial score (nSPS) is 11.3. The molecule has 0 saturated carbocycles. The number of halogens is 1. The van der Waals surface area contributed by atoms with Crippen molar-refractivity contribution in [2.24, 2.45) is 0 Å². The van der Waals surface area contributed by atoms with Crippen molar-refractivity contribution in [3.63, 3.8) is 0 Å². The second-order valence-electron chi connectivity index (χ2n) is 3.93. The number of hydrogen-bond donors (Lipinski definition) is 2. The number of hydrogen-bond acceptors (Lipinski definition) is 5. The maximum Gasteiger partial charge on any atom is 0.251 e. The van der Waals surface area contributed by atoms with Crippen LogP contribution in [0.3, 0.4) is 0 Å². The van der Waals surface area contributed by atoms with E-state index in [2.05, 4.69) is 20.2 Å². The molecule has 1 aromatic carbocycles. The zero-order valence-corrected chi connectivity index (χ0v) is 10.4. The Morgan fingerprint density at radius 1 is 1.33 bits per heavy atom. The number of benzene rings is 1. The van der Waals surface area contributed by atoms with Gasteiger partial charge in [0.1, 0.15) is 11.3 Å². The van der Waals surface area contributed by atoms with Crippen LogP contribution in [0.2, 0.25) is 5.02 Å². The Morgan fingerprint density at radius 2 is 2.11 bits per heavy atom. The standard InChI is InChI=1S/C11H9ClN4O2/c1-4-13-8-7(12)3-6(10(17)9(8)14-4)11-16-15-5(2)18-11/h3,17H,1-2H3,(H,13,14). The maximum atomic E-state index is 10.2. The molecule has 0 unspecified atom stereocenters. The molecule has 2 N–H and O–H groups in total. The van der Waals surface area contributed by atoms with Gasteiger partial charge in [-0.2, -0.15) is 0 Å². The molecule has 18 heavy (non-hydrogen) atoms. The van der Waals surface area contributed by atoms with Crippen LogP contribution in [-0.4, -0.2) is 25.3 Å². The summed E-state index contributed by atoms with van der Waals surface area (Å²) in [5, 5.41) is 18.2. The van der Waals surface area contributed by atoms with Gasteiger partial charge in [0.25, 0.3) is 5.89 Å². The zero-order valence-electron chi connectivity index (χ0n) is 9.65. The molecule has 6 nitrogen and oxygen atoms in total. The smallest absolute Gasteiger partial charge is 0.251 e. The molecule has 0 saturated heterocycles. The number of phenols is 1. The predicted octanol–water partition coefficient (Wildman–Crippen LogP) is 2.59. The SMILES string of the molecule is Cc1nc2c(O)c(-c3nnc(C)o3)cc(Cl)c2[nH]1. The lowest BCUT2D eigenvalue weighted by Gasteiger charge is -2.02. The second kappa shape index (κ2) is 3.71. The van der Waals surface area contributed by atoms with E-state index in [1.54, 1.807) is 19.9 Å². The second-order valence-corrected chi connectivity index (χ2v) is 4.33. The Bertz CT molecular complexity index is 747. The molecule has 0 atom stereocenters. The van der Waals surface area contributed by atoms with E-state index >= 15 is 0 Å². The van der Waals surface area contributed by atoms with Crippen LogP contribution in [0.1, 0.15) is 11.7 Å². The van der Waals surface area contributed by atoms with Gasteiger partial charge in [-0.25, -0.2) is 4.98 Å². The molecule has 0 amide bonds. The fraction of sp³-hybridized carbons (Fsp3) is 0.182. The number of rotatable bonds is 1. The van der Waals surface area contributed by atoms with Crippen LogP contribution < -0.4 is 0 Å². The predicted molar refractivity (Wildman–Crippen MR) is 65.5 cm³/mol. The number of aromatic hydroxyl groups is 1. The highest BCUT2D eigenvalue weighted by Crippen LogP contribution is 2.38. The molecule has 0 radical (unpaired) electrons. The number of H-pyrrole nitrogens is 1. The van der Waals surface area contributed by atoms with E-state index in [9.17, 15) is 5.11 Å². The molecule has 2 heterocycles. The summed E-state index contributed by atoms with van der Waals surface area (Å²) in [6, 6.07) is 1.57. The van der Waals surface area contributed by atoms with Gasteiger partial charge in [-0.3, -0.25) is 0 Å². The first-order valence-corrected chi connectivity index (χ1v) is 5.62. The zero-order chi connectivity index (χ0) is 12.9. The van der Waals surface area contributed by atoms with Crippen molar-refractivity contribution < 1.29 is 9.52 Å². The van der Waals surface area contributed by atoms with Gasteiger partial charge in [0.15, 0.2) is 5.75 Å². The minimum Gasteiger partial charge on any atom is -0.505 e. The van der Waals surface area contributed by atoms with Crippen molar-refractivity contribution in [1.29, 1.82) is 0 Å². The van der Waals surface area contributed by atoms with Crippen LogP contribution in [0, 0.1) is 13.8 Å². The van der Waals surface area contributed by atoms with Crippen LogP contribution in [-0.2, 0) is 0 Å². The van der Waals surface area contributed by atoms with Gasteiger partial charge < -0.3 is 14.5 Å². The Labute approximate surface area is 107 Å². The van der Waals surface area contributed by atoms with Gasteiger partial charge in [0.2, 0.25) is 5.89 Å². The highest BCUT2D eigenvalue weighted by atomic mass is 35.5. The summed E-state index contributed by atoms with van der Waals surface area (Å²) in [5.41, 5.74) is 1.36. The third kappa shape index (κ3) is 1.53. The first-order valence-electron chi connectivity index (χ1n) is 5.24. The number of nitrogens with zero attached hydrogens (tertiary/aromatic N) is 3. The van der Waals surface area contributed by atoms with Gasteiger partial charge in [-0.1, -0.05) is 11.6 Å². The van der Waals surface area contributed by atoms with Crippen molar-refractivity contribution in [3.05, 3.63) is 22.8 Å².